The average molecular weight is 326 g/mol. The molecule has 0 radical (unpaired) electrons. The van der Waals surface area contributed by atoms with Gasteiger partial charge in [-0.3, -0.25) is 4.90 Å². The zero-order valence-corrected chi connectivity index (χ0v) is 16.3. The van der Waals surface area contributed by atoms with Crippen molar-refractivity contribution in [1.82, 2.24) is 4.90 Å². The number of hydrogen-bond donors (Lipinski definition) is 0. The summed E-state index contributed by atoms with van der Waals surface area (Å²) in [7, 11) is 0. The lowest BCUT2D eigenvalue weighted by molar-refractivity contribution is -0.0871. The Labute approximate surface area is 146 Å². The second kappa shape index (κ2) is 14.3. The number of morpholine rings is 1. The van der Waals surface area contributed by atoms with Crippen molar-refractivity contribution < 1.29 is 4.74 Å². The van der Waals surface area contributed by atoms with Gasteiger partial charge in [-0.05, 0) is 25.8 Å². The SMILES string of the molecule is CCCCCCCCCCCCCN1CC(CC)OC(CC)C1. The van der Waals surface area contributed by atoms with E-state index < -0.39 is 0 Å². The summed E-state index contributed by atoms with van der Waals surface area (Å²) in [4.78, 5) is 2.65. The second-order valence-electron chi connectivity index (χ2n) is 7.49. The maximum absolute atomic E-state index is 6.08. The van der Waals surface area contributed by atoms with Crippen LogP contribution in [0.15, 0.2) is 0 Å². The molecule has 0 bridgehead atoms. The first-order chi connectivity index (χ1) is 11.3. The van der Waals surface area contributed by atoms with E-state index in [9.17, 15) is 0 Å². The van der Waals surface area contributed by atoms with Crippen LogP contribution in [0.4, 0.5) is 0 Å². The number of unbranched alkanes of at least 4 members (excludes halogenated alkanes) is 10. The highest BCUT2D eigenvalue weighted by molar-refractivity contribution is 4.76. The van der Waals surface area contributed by atoms with Gasteiger partial charge in [-0.25, -0.2) is 0 Å². The van der Waals surface area contributed by atoms with Gasteiger partial charge in [0, 0.05) is 13.1 Å². The molecular weight excluding hydrogens is 282 g/mol. The molecule has 1 saturated heterocycles. The van der Waals surface area contributed by atoms with E-state index in [1.54, 1.807) is 0 Å². The third kappa shape index (κ3) is 10.4. The third-order valence-electron chi connectivity index (χ3n) is 5.30. The molecule has 2 heteroatoms. The Balaban J connectivity index is 1.92. The fraction of sp³-hybridized carbons (Fsp3) is 1.00. The van der Waals surface area contributed by atoms with Crippen molar-refractivity contribution in [3.63, 3.8) is 0 Å². The van der Waals surface area contributed by atoms with Crippen molar-refractivity contribution in [2.24, 2.45) is 0 Å². The first kappa shape index (κ1) is 21.0. The Morgan fingerprint density at radius 3 is 1.52 bits per heavy atom. The molecule has 1 aliphatic rings. The van der Waals surface area contributed by atoms with Crippen molar-refractivity contribution in [2.45, 2.75) is 116 Å². The van der Waals surface area contributed by atoms with Crippen molar-refractivity contribution in [3.05, 3.63) is 0 Å². The van der Waals surface area contributed by atoms with E-state index in [4.69, 9.17) is 4.74 Å². The molecule has 1 fully saturated rings. The fourth-order valence-corrected chi connectivity index (χ4v) is 3.64. The molecule has 2 atom stereocenters. The molecular formula is C21H43NO. The van der Waals surface area contributed by atoms with Crippen LogP contribution in [0.1, 0.15) is 104 Å². The first-order valence-electron chi connectivity index (χ1n) is 10.7. The Morgan fingerprint density at radius 2 is 1.09 bits per heavy atom. The number of hydrogen-bond acceptors (Lipinski definition) is 2. The second-order valence-corrected chi connectivity index (χ2v) is 7.49. The van der Waals surface area contributed by atoms with Crippen LogP contribution in [0.5, 0.6) is 0 Å². The molecule has 0 aliphatic carbocycles. The minimum absolute atomic E-state index is 0.474. The lowest BCUT2D eigenvalue weighted by Crippen LogP contribution is -2.47. The monoisotopic (exact) mass is 325 g/mol. The Bertz CT molecular complexity index is 244. The number of nitrogens with zero attached hydrogens (tertiary/aromatic N) is 1. The van der Waals surface area contributed by atoms with Gasteiger partial charge in [0.15, 0.2) is 0 Å². The van der Waals surface area contributed by atoms with Crippen molar-refractivity contribution in [2.75, 3.05) is 19.6 Å². The van der Waals surface area contributed by atoms with E-state index in [0.29, 0.717) is 12.2 Å². The molecule has 0 aromatic rings. The molecule has 1 rings (SSSR count). The van der Waals surface area contributed by atoms with Crippen LogP contribution in [0, 0.1) is 0 Å². The summed E-state index contributed by atoms with van der Waals surface area (Å²) in [5.74, 6) is 0. The summed E-state index contributed by atoms with van der Waals surface area (Å²) >= 11 is 0. The van der Waals surface area contributed by atoms with E-state index in [1.807, 2.05) is 0 Å². The van der Waals surface area contributed by atoms with Gasteiger partial charge in [-0.1, -0.05) is 85.0 Å². The maximum atomic E-state index is 6.08. The van der Waals surface area contributed by atoms with Crippen LogP contribution >= 0.6 is 0 Å². The Hall–Kier alpha value is -0.0800. The molecule has 0 N–H and O–H groups in total. The molecule has 0 saturated carbocycles. The van der Waals surface area contributed by atoms with E-state index in [-0.39, 0.29) is 0 Å². The number of rotatable bonds is 14. The lowest BCUT2D eigenvalue weighted by atomic mass is 10.1. The van der Waals surface area contributed by atoms with E-state index in [0.717, 1.165) is 25.9 Å². The molecule has 0 aromatic carbocycles. The summed E-state index contributed by atoms with van der Waals surface area (Å²) in [6.07, 6.45) is 19.0. The zero-order chi connectivity index (χ0) is 16.8. The van der Waals surface area contributed by atoms with Gasteiger partial charge in [0.25, 0.3) is 0 Å². The first-order valence-corrected chi connectivity index (χ1v) is 10.7. The van der Waals surface area contributed by atoms with Crippen molar-refractivity contribution in [3.8, 4) is 0 Å². The highest BCUT2D eigenvalue weighted by atomic mass is 16.5. The third-order valence-corrected chi connectivity index (χ3v) is 5.30. The van der Waals surface area contributed by atoms with E-state index >= 15 is 0 Å². The van der Waals surface area contributed by atoms with Crippen LogP contribution in [0.25, 0.3) is 0 Å². The Morgan fingerprint density at radius 1 is 0.652 bits per heavy atom. The molecule has 0 amide bonds. The van der Waals surface area contributed by atoms with Gasteiger partial charge in [-0.2, -0.15) is 0 Å². The van der Waals surface area contributed by atoms with Crippen LogP contribution in [0.3, 0.4) is 0 Å². The normalized spacial score (nSPS) is 22.6. The molecule has 23 heavy (non-hydrogen) atoms. The van der Waals surface area contributed by atoms with Crippen molar-refractivity contribution >= 4 is 0 Å². The highest BCUT2D eigenvalue weighted by Crippen LogP contribution is 2.17. The average Bonchev–Trinajstić information content (AvgIpc) is 2.59. The zero-order valence-electron chi connectivity index (χ0n) is 16.3. The van der Waals surface area contributed by atoms with Crippen LogP contribution < -0.4 is 0 Å². The quantitative estimate of drug-likeness (QED) is 0.353. The topological polar surface area (TPSA) is 12.5 Å². The van der Waals surface area contributed by atoms with E-state index in [2.05, 4.69) is 25.7 Å². The fourth-order valence-electron chi connectivity index (χ4n) is 3.64. The molecule has 2 unspecified atom stereocenters. The Kier molecular flexibility index (Phi) is 13.0. The smallest absolute Gasteiger partial charge is 0.0703 e. The van der Waals surface area contributed by atoms with Gasteiger partial charge in [0.1, 0.15) is 0 Å². The van der Waals surface area contributed by atoms with Gasteiger partial charge in [-0.15, -0.1) is 0 Å². The molecule has 0 aromatic heterocycles. The highest BCUT2D eigenvalue weighted by Gasteiger charge is 2.24. The molecule has 2 nitrogen and oxygen atoms in total. The number of ether oxygens (including phenoxy) is 1. The van der Waals surface area contributed by atoms with Gasteiger partial charge in [0.2, 0.25) is 0 Å². The molecule has 1 heterocycles. The van der Waals surface area contributed by atoms with E-state index in [1.165, 1.54) is 77.2 Å². The summed E-state index contributed by atoms with van der Waals surface area (Å²) in [6, 6.07) is 0. The summed E-state index contributed by atoms with van der Waals surface area (Å²) in [6.45, 7) is 10.4. The lowest BCUT2D eigenvalue weighted by Gasteiger charge is -2.37. The van der Waals surface area contributed by atoms with Gasteiger partial charge >= 0.3 is 0 Å². The largest absolute Gasteiger partial charge is 0.372 e. The maximum Gasteiger partial charge on any atom is 0.0703 e. The van der Waals surface area contributed by atoms with Crippen LogP contribution in [-0.2, 0) is 4.74 Å². The van der Waals surface area contributed by atoms with Crippen LogP contribution in [-0.4, -0.2) is 36.7 Å². The predicted octanol–water partition coefficient (Wildman–Crippen LogP) is 6.19. The molecule has 138 valence electrons. The minimum Gasteiger partial charge on any atom is -0.372 e. The van der Waals surface area contributed by atoms with Gasteiger partial charge in [0.05, 0.1) is 12.2 Å². The minimum atomic E-state index is 0.474. The van der Waals surface area contributed by atoms with Gasteiger partial charge < -0.3 is 4.74 Å². The predicted molar refractivity (Wildman–Crippen MR) is 102 cm³/mol. The summed E-state index contributed by atoms with van der Waals surface area (Å²) in [5, 5.41) is 0. The summed E-state index contributed by atoms with van der Waals surface area (Å²) < 4.78 is 6.08. The summed E-state index contributed by atoms with van der Waals surface area (Å²) in [5.41, 5.74) is 0. The molecule has 0 spiro atoms. The van der Waals surface area contributed by atoms with Crippen LogP contribution in [0.2, 0.25) is 0 Å². The standard InChI is InChI=1S/C21H43NO/c1-4-7-8-9-10-11-12-13-14-15-16-17-22-18-20(5-2)23-21(6-3)19-22/h20-21H,4-19H2,1-3H3. The van der Waals surface area contributed by atoms with Crippen molar-refractivity contribution in [1.29, 1.82) is 0 Å². The molecule has 1 aliphatic heterocycles.